The number of hydrogen-bond donors (Lipinski definition) is 1. The van der Waals surface area contributed by atoms with E-state index in [1.807, 2.05) is 55.5 Å². The van der Waals surface area contributed by atoms with Gasteiger partial charge in [0.15, 0.2) is 5.76 Å². The Morgan fingerprint density at radius 2 is 1.55 bits per heavy atom. The lowest BCUT2D eigenvalue weighted by Gasteiger charge is -2.13. The molecule has 0 saturated carbocycles. The van der Waals surface area contributed by atoms with Crippen LogP contribution in [0.15, 0.2) is 77.3 Å². The summed E-state index contributed by atoms with van der Waals surface area (Å²) < 4.78 is 44.8. The summed E-state index contributed by atoms with van der Waals surface area (Å²) in [4.78, 5) is 10.8. The van der Waals surface area contributed by atoms with Crippen molar-refractivity contribution >= 4 is 5.97 Å². The van der Waals surface area contributed by atoms with Crippen molar-refractivity contribution in [2.75, 3.05) is 0 Å². The van der Waals surface area contributed by atoms with Gasteiger partial charge in [-0.25, -0.2) is 0 Å². The van der Waals surface area contributed by atoms with Gasteiger partial charge in [0.05, 0.1) is 11.3 Å². The smallest absolute Gasteiger partial charge is 0.416 e. The highest BCUT2D eigenvalue weighted by molar-refractivity contribution is 5.70. The molecule has 0 radical (unpaired) electrons. The Hall–Kier alpha value is -3.87. The van der Waals surface area contributed by atoms with Crippen molar-refractivity contribution in [2.45, 2.75) is 52.1 Å². The van der Waals surface area contributed by atoms with Gasteiger partial charge in [-0.3, -0.25) is 4.79 Å². The molecule has 0 amide bonds. The van der Waals surface area contributed by atoms with Crippen molar-refractivity contribution in [3.63, 3.8) is 0 Å². The Labute approximate surface area is 220 Å². The lowest BCUT2D eigenvalue weighted by molar-refractivity contribution is -0.138. The molecule has 0 bridgehead atoms. The zero-order valence-electron chi connectivity index (χ0n) is 21.4. The minimum absolute atomic E-state index is 0.108. The summed E-state index contributed by atoms with van der Waals surface area (Å²) in [6.07, 6.45) is -1.71. The Morgan fingerprint density at radius 3 is 2.18 bits per heavy atom. The van der Waals surface area contributed by atoms with Gasteiger partial charge < -0.3 is 9.63 Å². The van der Waals surface area contributed by atoms with E-state index in [9.17, 15) is 18.0 Å². The fourth-order valence-electron chi connectivity index (χ4n) is 4.55. The maximum Gasteiger partial charge on any atom is 0.416 e. The van der Waals surface area contributed by atoms with Crippen LogP contribution in [0.25, 0.3) is 22.5 Å². The molecule has 0 spiro atoms. The van der Waals surface area contributed by atoms with Crippen LogP contribution in [-0.2, 0) is 30.2 Å². The topological polar surface area (TPSA) is 63.3 Å². The molecule has 4 rings (SSSR count). The Kier molecular flexibility index (Phi) is 8.35. The van der Waals surface area contributed by atoms with Gasteiger partial charge in [-0.2, -0.15) is 13.2 Å². The van der Waals surface area contributed by atoms with E-state index in [2.05, 4.69) is 12.1 Å². The molecule has 4 aromatic rings. The fourth-order valence-corrected chi connectivity index (χ4v) is 4.55. The number of hydrogen-bond acceptors (Lipinski definition) is 3. The van der Waals surface area contributed by atoms with Crippen molar-refractivity contribution in [1.82, 2.24) is 5.16 Å². The monoisotopic (exact) mass is 521 g/mol. The standard InChI is InChI=1S/C31H30F3NO3/c1-20(6-7-23-4-3-5-27(19-23)31(32,33)34)18-28-21(2)35-38-30(28)26-15-13-25(14-16-26)24-11-8-22(9-12-24)10-17-29(36)37/h3-5,8-9,11-16,19-20H,6-7,10,17-18H2,1-2H3,(H,36,37). The van der Waals surface area contributed by atoms with E-state index in [4.69, 9.17) is 9.63 Å². The van der Waals surface area contributed by atoms with Crippen molar-refractivity contribution in [3.8, 4) is 22.5 Å². The van der Waals surface area contributed by atoms with E-state index < -0.39 is 17.7 Å². The van der Waals surface area contributed by atoms with Gasteiger partial charge in [-0.05, 0) is 66.8 Å². The summed E-state index contributed by atoms with van der Waals surface area (Å²) in [6.45, 7) is 4.00. The summed E-state index contributed by atoms with van der Waals surface area (Å²) in [7, 11) is 0. The second-order valence-corrected chi connectivity index (χ2v) is 9.79. The van der Waals surface area contributed by atoms with Crippen LogP contribution < -0.4 is 0 Å². The van der Waals surface area contributed by atoms with Crippen LogP contribution in [0, 0.1) is 12.8 Å². The van der Waals surface area contributed by atoms with E-state index in [1.54, 1.807) is 6.07 Å². The summed E-state index contributed by atoms with van der Waals surface area (Å²) in [5, 5.41) is 13.0. The van der Waals surface area contributed by atoms with Gasteiger partial charge in [0, 0.05) is 17.5 Å². The van der Waals surface area contributed by atoms with Crippen LogP contribution in [0.3, 0.4) is 0 Å². The number of alkyl halides is 3. The van der Waals surface area contributed by atoms with Crippen molar-refractivity contribution < 1.29 is 27.6 Å². The second-order valence-electron chi connectivity index (χ2n) is 9.79. The molecule has 7 heteroatoms. The minimum Gasteiger partial charge on any atom is -0.481 e. The summed E-state index contributed by atoms with van der Waals surface area (Å²) in [6, 6.07) is 21.4. The first-order chi connectivity index (χ1) is 18.1. The van der Waals surface area contributed by atoms with Gasteiger partial charge in [-0.1, -0.05) is 78.8 Å². The number of aromatic nitrogens is 1. The van der Waals surface area contributed by atoms with E-state index in [1.165, 1.54) is 12.1 Å². The number of carboxylic acid groups (broad SMARTS) is 1. The van der Waals surface area contributed by atoms with Crippen LogP contribution in [0.2, 0.25) is 0 Å². The SMILES string of the molecule is Cc1noc(-c2ccc(-c3ccc(CCC(=O)O)cc3)cc2)c1CC(C)CCc1cccc(C(F)(F)F)c1. The largest absolute Gasteiger partial charge is 0.481 e. The van der Waals surface area contributed by atoms with Gasteiger partial charge in [0.2, 0.25) is 0 Å². The van der Waals surface area contributed by atoms with E-state index in [0.29, 0.717) is 30.6 Å². The summed E-state index contributed by atoms with van der Waals surface area (Å²) in [5.74, 6) is 0.126. The summed E-state index contributed by atoms with van der Waals surface area (Å²) in [5.41, 5.74) is 5.85. The average molecular weight is 522 g/mol. The molecule has 4 nitrogen and oxygen atoms in total. The molecule has 1 atom stereocenters. The fraction of sp³-hybridized carbons (Fsp3) is 0.290. The molecular formula is C31H30F3NO3. The number of aliphatic carboxylic acids is 1. The molecule has 0 saturated heterocycles. The highest BCUT2D eigenvalue weighted by Gasteiger charge is 2.30. The zero-order valence-corrected chi connectivity index (χ0v) is 21.4. The number of rotatable bonds is 10. The normalized spacial score (nSPS) is 12.4. The lowest BCUT2D eigenvalue weighted by atomic mass is 9.91. The van der Waals surface area contributed by atoms with Crippen LogP contribution in [0.5, 0.6) is 0 Å². The number of aryl methyl sites for hydroxylation is 3. The first kappa shape index (κ1) is 27.2. The van der Waals surface area contributed by atoms with Crippen LogP contribution in [0.4, 0.5) is 13.2 Å². The predicted octanol–water partition coefficient (Wildman–Crippen LogP) is 8.16. The summed E-state index contributed by atoms with van der Waals surface area (Å²) >= 11 is 0. The van der Waals surface area contributed by atoms with Crippen LogP contribution in [0.1, 0.15) is 47.7 Å². The molecule has 0 aliphatic heterocycles. The molecule has 0 aliphatic rings. The second kappa shape index (κ2) is 11.7. The first-order valence-electron chi connectivity index (χ1n) is 12.6. The maximum atomic E-state index is 13.0. The molecule has 1 N–H and O–H groups in total. The molecule has 0 fully saturated rings. The molecular weight excluding hydrogens is 491 g/mol. The quantitative estimate of drug-likeness (QED) is 0.229. The molecule has 3 aromatic carbocycles. The van der Waals surface area contributed by atoms with Crippen LogP contribution >= 0.6 is 0 Å². The number of halogens is 3. The van der Waals surface area contributed by atoms with Gasteiger partial charge >= 0.3 is 12.1 Å². The minimum atomic E-state index is -4.34. The van der Waals surface area contributed by atoms with Crippen LogP contribution in [-0.4, -0.2) is 16.2 Å². The molecule has 1 heterocycles. The molecule has 1 unspecified atom stereocenters. The number of benzene rings is 3. The average Bonchev–Trinajstić information content (AvgIpc) is 3.26. The molecule has 0 aliphatic carbocycles. The van der Waals surface area contributed by atoms with Gasteiger partial charge in [-0.15, -0.1) is 0 Å². The van der Waals surface area contributed by atoms with Crippen molar-refractivity contribution in [3.05, 3.63) is 101 Å². The Balaban J connectivity index is 1.42. The number of carbonyl (C=O) groups is 1. The highest BCUT2D eigenvalue weighted by atomic mass is 19.4. The number of nitrogens with zero attached hydrogens (tertiary/aromatic N) is 1. The van der Waals surface area contributed by atoms with E-state index >= 15 is 0 Å². The lowest BCUT2D eigenvalue weighted by Crippen LogP contribution is -2.06. The van der Waals surface area contributed by atoms with Gasteiger partial charge in [0.25, 0.3) is 0 Å². The van der Waals surface area contributed by atoms with Crippen molar-refractivity contribution in [2.24, 2.45) is 5.92 Å². The predicted molar refractivity (Wildman–Crippen MR) is 141 cm³/mol. The van der Waals surface area contributed by atoms with E-state index in [0.717, 1.165) is 46.0 Å². The van der Waals surface area contributed by atoms with E-state index in [-0.39, 0.29) is 12.3 Å². The molecule has 198 valence electrons. The third kappa shape index (κ3) is 6.91. The van der Waals surface area contributed by atoms with Crippen molar-refractivity contribution in [1.29, 1.82) is 0 Å². The Bertz CT molecular complexity index is 1370. The highest BCUT2D eigenvalue weighted by Crippen LogP contribution is 2.32. The Morgan fingerprint density at radius 1 is 0.921 bits per heavy atom. The third-order valence-corrected chi connectivity index (χ3v) is 6.78. The number of carboxylic acids is 1. The zero-order chi connectivity index (χ0) is 27.3. The van der Waals surface area contributed by atoms with Gasteiger partial charge in [0.1, 0.15) is 0 Å². The molecule has 38 heavy (non-hydrogen) atoms. The third-order valence-electron chi connectivity index (χ3n) is 6.78. The first-order valence-corrected chi connectivity index (χ1v) is 12.6. The molecule has 1 aromatic heterocycles. The maximum absolute atomic E-state index is 13.0.